The number of hydrogen-bond donors (Lipinski definition) is 0. The molecule has 0 bridgehead atoms. The van der Waals surface area contributed by atoms with Crippen molar-refractivity contribution >= 4 is 12.4 Å². The molecule has 2 N–H and O–H groups in total. The van der Waals surface area contributed by atoms with Crippen molar-refractivity contribution in [1.29, 1.82) is 5.26 Å². The summed E-state index contributed by atoms with van der Waals surface area (Å²) in [5.74, 6) is 1.87. The first-order chi connectivity index (χ1) is 18.1. The van der Waals surface area contributed by atoms with Gasteiger partial charge >= 0.3 is 0 Å². The number of nitrogens with zero attached hydrogens (tertiary/aromatic N) is 5. The Balaban J connectivity index is 0.00000210. The first-order valence-electron chi connectivity index (χ1n) is 12.5. The quantitative estimate of drug-likeness (QED) is 0.343. The van der Waals surface area contributed by atoms with Gasteiger partial charge in [0, 0.05) is 17.8 Å². The van der Waals surface area contributed by atoms with E-state index in [2.05, 4.69) is 28.0 Å². The molecule has 0 amide bonds. The summed E-state index contributed by atoms with van der Waals surface area (Å²) in [5, 5.41) is 9.20. The molecule has 0 spiro atoms. The van der Waals surface area contributed by atoms with E-state index in [0.717, 1.165) is 48.2 Å². The van der Waals surface area contributed by atoms with E-state index in [-0.39, 0.29) is 23.4 Å². The van der Waals surface area contributed by atoms with E-state index in [0.29, 0.717) is 36.2 Å². The lowest BCUT2D eigenvalue weighted by Crippen LogP contribution is -2.32. The van der Waals surface area contributed by atoms with Crippen LogP contribution in [0, 0.1) is 17.2 Å². The zero-order valence-corrected chi connectivity index (χ0v) is 22.6. The van der Waals surface area contributed by atoms with Crippen molar-refractivity contribution in [2.24, 2.45) is 5.92 Å². The molecule has 1 saturated heterocycles. The van der Waals surface area contributed by atoms with E-state index in [9.17, 15) is 10.1 Å². The molecule has 2 aromatic carbocycles. The minimum absolute atomic E-state index is 0. The lowest BCUT2D eigenvalue weighted by Gasteiger charge is -2.28. The highest BCUT2D eigenvalue weighted by Crippen LogP contribution is 2.22. The molecule has 1 fully saturated rings. The summed E-state index contributed by atoms with van der Waals surface area (Å²) in [6.07, 6.45) is 7.60. The van der Waals surface area contributed by atoms with Crippen molar-refractivity contribution in [2.75, 3.05) is 26.7 Å². The van der Waals surface area contributed by atoms with Gasteiger partial charge in [-0.3, -0.25) is 4.79 Å². The molecule has 9 heteroatoms. The van der Waals surface area contributed by atoms with Crippen molar-refractivity contribution in [3.8, 4) is 34.3 Å². The average Bonchev–Trinajstić information content (AvgIpc) is 2.94. The third-order valence-corrected chi connectivity index (χ3v) is 6.80. The molecule has 39 heavy (non-hydrogen) atoms. The minimum atomic E-state index is -0.0899. The second kappa shape index (κ2) is 13.7. The number of pyridine rings is 1. The Morgan fingerprint density at radius 1 is 0.974 bits per heavy atom. The van der Waals surface area contributed by atoms with Gasteiger partial charge in [-0.2, -0.15) is 5.26 Å². The molecular formula is C30H32ClN5O3. The Bertz CT molecular complexity index is 1480. The van der Waals surface area contributed by atoms with Gasteiger partial charge in [0.25, 0.3) is 5.56 Å². The topological polar surface area (TPSA) is 116 Å². The smallest absolute Gasteiger partial charge is 0.250 e. The standard InChI is InChI=1S/C30H29N5O2.ClH.H2O/c1-34-12-10-22(11-13-34)21-37-28-17-32-30(33-18-28)26-7-3-5-24(15-26)19-35-20-27(8-9-29(35)36)25-6-2-4-23(14-25)16-31;;/h2-9,14-15,17-18,20,22H,10-13,19,21H2,1H3;1H;1H2. The van der Waals surface area contributed by atoms with Gasteiger partial charge in [-0.05, 0) is 79.9 Å². The summed E-state index contributed by atoms with van der Waals surface area (Å²) in [6.45, 7) is 3.34. The Morgan fingerprint density at radius 2 is 1.69 bits per heavy atom. The Hall–Kier alpha value is -4.03. The van der Waals surface area contributed by atoms with Crippen LogP contribution in [-0.2, 0) is 6.54 Å². The number of nitriles is 1. The maximum atomic E-state index is 12.6. The summed E-state index contributed by atoms with van der Waals surface area (Å²) in [7, 11) is 2.16. The first kappa shape index (κ1) is 29.5. The van der Waals surface area contributed by atoms with Gasteiger partial charge in [0.15, 0.2) is 11.6 Å². The molecule has 5 rings (SSSR count). The van der Waals surface area contributed by atoms with Crippen LogP contribution in [0.3, 0.4) is 0 Å². The fraction of sp³-hybridized carbons (Fsp3) is 0.267. The summed E-state index contributed by atoms with van der Waals surface area (Å²) < 4.78 is 7.63. The normalized spacial score (nSPS) is 13.5. The summed E-state index contributed by atoms with van der Waals surface area (Å²) in [5.41, 5.74) is 4.12. The van der Waals surface area contributed by atoms with E-state index in [1.54, 1.807) is 35.2 Å². The van der Waals surface area contributed by atoms with E-state index in [1.165, 1.54) is 0 Å². The van der Waals surface area contributed by atoms with Crippen LogP contribution >= 0.6 is 12.4 Å². The maximum Gasteiger partial charge on any atom is 0.250 e. The van der Waals surface area contributed by atoms with Gasteiger partial charge in [0.2, 0.25) is 0 Å². The van der Waals surface area contributed by atoms with E-state index < -0.39 is 0 Å². The van der Waals surface area contributed by atoms with E-state index in [4.69, 9.17) is 4.74 Å². The second-order valence-electron chi connectivity index (χ2n) is 9.58. The summed E-state index contributed by atoms with van der Waals surface area (Å²) >= 11 is 0. The van der Waals surface area contributed by atoms with Gasteiger partial charge in [-0.15, -0.1) is 12.4 Å². The van der Waals surface area contributed by atoms with Gasteiger partial charge in [-0.25, -0.2) is 9.97 Å². The molecule has 1 aliphatic rings. The highest BCUT2D eigenvalue weighted by molar-refractivity contribution is 5.85. The zero-order valence-electron chi connectivity index (χ0n) is 21.8. The molecule has 0 radical (unpaired) electrons. The fourth-order valence-corrected chi connectivity index (χ4v) is 4.58. The third kappa shape index (κ3) is 7.52. The molecule has 4 aromatic rings. The average molecular weight is 546 g/mol. The first-order valence-corrected chi connectivity index (χ1v) is 12.5. The number of rotatable bonds is 7. The summed E-state index contributed by atoms with van der Waals surface area (Å²) in [6, 6.07) is 20.8. The van der Waals surface area contributed by atoms with Crippen molar-refractivity contribution in [3.05, 3.63) is 101 Å². The fourth-order valence-electron chi connectivity index (χ4n) is 4.58. The van der Waals surface area contributed by atoms with Crippen molar-refractivity contribution in [2.45, 2.75) is 19.4 Å². The maximum absolute atomic E-state index is 12.6. The van der Waals surface area contributed by atoms with Gasteiger partial charge in [-0.1, -0.05) is 30.3 Å². The Morgan fingerprint density at radius 3 is 2.44 bits per heavy atom. The second-order valence-corrected chi connectivity index (χ2v) is 9.58. The zero-order chi connectivity index (χ0) is 25.6. The molecule has 8 nitrogen and oxygen atoms in total. The number of likely N-dealkylation sites (tertiary alicyclic amines) is 1. The van der Waals surface area contributed by atoms with Crippen molar-refractivity contribution < 1.29 is 10.2 Å². The van der Waals surface area contributed by atoms with Gasteiger partial charge < -0.3 is 19.7 Å². The van der Waals surface area contributed by atoms with Crippen LogP contribution in [-0.4, -0.2) is 51.7 Å². The lowest BCUT2D eigenvalue weighted by molar-refractivity contribution is 0.159. The number of aromatic nitrogens is 3. The monoisotopic (exact) mass is 545 g/mol. The largest absolute Gasteiger partial charge is 0.490 e. The molecule has 0 unspecified atom stereocenters. The number of piperidine rings is 1. The van der Waals surface area contributed by atoms with Gasteiger partial charge in [0.1, 0.15) is 0 Å². The molecule has 0 atom stereocenters. The van der Waals surface area contributed by atoms with Crippen LogP contribution < -0.4 is 10.3 Å². The van der Waals surface area contributed by atoms with E-state index in [1.807, 2.05) is 48.7 Å². The molecule has 3 heterocycles. The molecular weight excluding hydrogens is 514 g/mol. The molecule has 0 saturated carbocycles. The molecule has 2 aromatic heterocycles. The van der Waals surface area contributed by atoms with Crippen molar-refractivity contribution in [1.82, 2.24) is 19.4 Å². The molecule has 1 aliphatic heterocycles. The van der Waals surface area contributed by atoms with Crippen molar-refractivity contribution in [3.63, 3.8) is 0 Å². The SMILES string of the molecule is CN1CCC(COc2cnc(-c3cccc(Cn4cc(-c5cccc(C#N)c5)ccc4=O)c3)nc2)CC1.Cl.O. The van der Waals surface area contributed by atoms with Gasteiger partial charge in [0.05, 0.1) is 37.2 Å². The van der Waals surface area contributed by atoms with Crippen LogP contribution in [0.1, 0.15) is 24.0 Å². The highest BCUT2D eigenvalue weighted by atomic mass is 35.5. The predicted molar refractivity (Wildman–Crippen MR) is 154 cm³/mol. The van der Waals surface area contributed by atoms with Crippen LogP contribution in [0.5, 0.6) is 5.75 Å². The minimum Gasteiger partial charge on any atom is -0.490 e. The Labute approximate surface area is 234 Å². The van der Waals surface area contributed by atoms with Crippen LogP contribution in [0.15, 0.2) is 84.0 Å². The van der Waals surface area contributed by atoms with E-state index >= 15 is 0 Å². The third-order valence-electron chi connectivity index (χ3n) is 6.80. The molecule has 0 aliphatic carbocycles. The van der Waals surface area contributed by atoms with Crippen LogP contribution in [0.4, 0.5) is 0 Å². The summed E-state index contributed by atoms with van der Waals surface area (Å²) in [4.78, 5) is 24.0. The Kier molecular flexibility index (Phi) is 10.4. The number of ether oxygens (including phenoxy) is 1. The predicted octanol–water partition coefficient (Wildman–Crippen LogP) is 4.21. The lowest BCUT2D eigenvalue weighted by atomic mass is 9.98. The molecule has 202 valence electrons. The highest BCUT2D eigenvalue weighted by Gasteiger charge is 2.17. The number of halogens is 1. The van der Waals surface area contributed by atoms with Crippen LogP contribution in [0.2, 0.25) is 0 Å². The number of hydrogen-bond acceptors (Lipinski definition) is 6. The van der Waals surface area contributed by atoms with Crippen LogP contribution in [0.25, 0.3) is 22.5 Å². The number of benzene rings is 2.